The van der Waals surface area contributed by atoms with Gasteiger partial charge < -0.3 is 5.11 Å². The minimum absolute atomic E-state index is 0.171. The Kier molecular flexibility index (Phi) is 6.19. The van der Waals surface area contributed by atoms with E-state index in [9.17, 15) is 18.3 Å². The molecule has 2 aromatic rings. The third-order valence-electron chi connectivity index (χ3n) is 3.59. The Morgan fingerprint density at radius 2 is 1.26 bits per heavy atom. The maximum atomic E-state index is 12.5. The van der Waals surface area contributed by atoms with Crippen LogP contribution < -0.4 is 0 Å². The molecule has 0 spiro atoms. The van der Waals surface area contributed by atoms with Crippen LogP contribution in [0, 0.1) is 0 Å². The van der Waals surface area contributed by atoms with Crippen molar-refractivity contribution in [3.63, 3.8) is 0 Å². The van der Waals surface area contributed by atoms with Crippen LogP contribution in [0.3, 0.4) is 0 Å². The Morgan fingerprint density at radius 1 is 0.826 bits per heavy atom. The number of hydrogen-bond acceptors (Lipinski definition) is 2. The molecule has 2 aromatic carbocycles. The maximum absolute atomic E-state index is 12.5. The predicted molar refractivity (Wildman–Crippen MR) is 83.7 cm³/mol. The van der Waals surface area contributed by atoms with Gasteiger partial charge in [-0.2, -0.15) is 13.2 Å². The molecule has 1 unspecified atom stereocenters. The fourth-order valence-electron chi connectivity index (χ4n) is 2.37. The Bertz CT molecular complexity index is 530. The summed E-state index contributed by atoms with van der Waals surface area (Å²) >= 11 is 0. The van der Waals surface area contributed by atoms with Crippen molar-refractivity contribution in [1.29, 1.82) is 0 Å². The van der Waals surface area contributed by atoms with Crippen molar-refractivity contribution >= 4 is 0 Å². The van der Waals surface area contributed by atoms with Gasteiger partial charge in [0.2, 0.25) is 0 Å². The molecule has 0 aliphatic rings. The molecular formula is C18H20F3NO. The number of benzene rings is 2. The van der Waals surface area contributed by atoms with Gasteiger partial charge in [0.05, 0.1) is 0 Å². The van der Waals surface area contributed by atoms with Gasteiger partial charge in [-0.05, 0) is 17.5 Å². The average molecular weight is 323 g/mol. The molecule has 1 atom stereocenters. The van der Waals surface area contributed by atoms with E-state index in [0.717, 1.165) is 11.1 Å². The third-order valence-corrected chi connectivity index (χ3v) is 3.59. The lowest BCUT2D eigenvalue weighted by Crippen LogP contribution is -2.33. The van der Waals surface area contributed by atoms with Crippen LogP contribution in [0.25, 0.3) is 0 Å². The van der Waals surface area contributed by atoms with E-state index in [2.05, 4.69) is 0 Å². The minimum atomic E-state index is -4.56. The Morgan fingerprint density at radius 3 is 1.65 bits per heavy atom. The largest absolute Gasteiger partial charge is 0.414 e. The maximum Gasteiger partial charge on any atom is 0.414 e. The first kappa shape index (κ1) is 17.5. The highest BCUT2D eigenvalue weighted by atomic mass is 19.4. The summed E-state index contributed by atoms with van der Waals surface area (Å²) in [7, 11) is 0. The predicted octanol–water partition coefficient (Wildman–Crippen LogP) is 4.00. The second-order valence-corrected chi connectivity index (χ2v) is 5.53. The van der Waals surface area contributed by atoms with Crippen molar-refractivity contribution in [2.45, 2.75) is 31.8 Å². The minimum Gasteiger partial charge on any atom is -0.384 e. The molecule has 124 valence electrons. The summed E-state index contributed by atoms with van der Waals surface area (Å²) in [6.07, 6.45) is -7.18. The monoisotopic (exact) mass is 323 g/mol. The van der Waals surface area contributed by atoms with Gasteiger partial charge in [0.25, 0.3) is 0 Å². The molecule has 0 heterocycles. The molecule has 0 aliphatic heterocycles. The van der Waals surface area contributed by atoms with Crippen molar-refractivity contribution in [1.82, 2.24) is 4.90 Å². The lowest BCUT2D eigenvalue weighted by Gasteiger charge is -2.24. The Labute approximate surface area is 134 Å². The van der Waals surface area contributed by atoms with Gasteiger partial charge in [-0.25, -0.2) is 0 Å². The second-order valence-electron chi connectivity index (χ2n) is 5.53. The molecule has 23 heavy (non-hydrogen) atoms. The van der Waals surface area contributed by atoms with Crippen LogP contribution in [0.5, 0.6) is 0 Å². The zero-order valence-corrected chi connectivity index (χ0v) is 12.7. The first-order chi connectivity index (χ1) is 10.9. The molecule has 0 aromatic heterocycles. The summed E-state index contributed by atoms with van der Waals surface area (Å²) in [6, 6.07) is 19.2. The Balaban J connectivity index is 2.02. The van der Waals surface area contributed by atoms with Crippen LogP contribution in [-0.4, -0.2) is 28.8 Å². The molecule has 0 aliphatic carbocycles. The van der Waals surface area contributed by atoms with Gasteiger partial charge in [-0.3, -0.25) is 4.90 Å². The Hall–Kier alpha value is -1.85. The summed E-state index contributed by atoms with van der Waals surface area (Å²) in [5, 5.41) is 9.22. The standard InChI is InChI=1S/C18H20F3NO/c19-18(20,21)17(23)11-12-22(13-15-7-3-1-4-8-15)14-16-9-5-2-6-10-16/h1-10,17,23H,11-14H2. The van der Waals surface area contributed by atoms with E-state index in [0.29, 0.717) is 13.1 Å². The molecule has 1 N–H and O–H groups in total. The van der Waals surface area contributed by atoms with Gasteiger partial charge in [0.1, 0.15) is 0 Å². The van der Waals surface area contributed by atoms with E-state index < -0.39 is 12.3 Å². The van der Waals surface area contributed by atoms with E-state index in [1.54, 1.807) is 0 Å². The molecule has 0 saturated heterocycles. The molecular weight excluding hydrogens is 303 g/mol. The zero-order valence-electron chi connectivity index (χ0n) is 12.7. The van der Waals surface area contributed by atoms with Gasteiger partial charge in [-0.1, -0.05) is 60.7 Å². The van der Waals surface area contributed by atoms with Crippen molar-refractivity contribution in [3.05, 3.63) is 71.8 Å². The fraction of sp³-hybridized carbons (Fsp3) is 0.333. The van der Waals surface area contributed by atoms with Crippen LogP contribution in [0.1, 0.15) is 17.5 Å². The van der Waals surface area contributed by atoms with Crippen molar-refractivity contribution in [2.24, 2.45) is 0 Å². The summed E-state index contributed by atoms with van der Waals surface area (Å²) in [5.41, 5.74) is 2.06. The molecule has 2 rings (SSSR count). The van der Waals surface area contributed by atoms with Gasteiger partial charge in [-0.15, -0.1) is 0 Å². The lowest BCUT2D eigenvalue weighted by molar-refractivity contribution is -0.206. The number of hydrogen-bond donors (Lipinski definition) is 1. The highest BCUT2D eigenvalue weighted by Gasteiger charge is 2.37. The van der Waals surface area contributed by atoms with Crippen molar-refractivity contribution < 1.29 is 18.3 Å². The van der Waals surface area contributed by atoms with Crippen LogP contribution in [0.15, 0.2) is 60.7 Å². The summed E-state index contributed by atoms with van der Waals surface area (Å²) in [4.78, 5) is 1.92. The lowest BCUT2D eigenvalue weighted by atomic mass is 10.1. The molecule has 0 amide bonds. The normalized spacial score (nSPS) is 13.3. The van der Waals surface area contributed by atoms with E-state index >= 15 is 0 Å². The van der Waals surface area contributed by atoms with Crippen LogP contribution >= 0.6 is 0 Å². The molecule has 2 nitrogen and oxygen atoms in total. The molecule has 0 fully saturated rings. The van der Waals surface area contributed by atoms with E-state index in [1.807, 2.05) is 65.6 Å². The first-order valence-corrected chi connectivity index (χ1v) is 7.50. The second kappa shape index (κ2) is 8.13. The molecule has 0 saturated carbocycles. The number of alkyl halides is 3. The van der Waals surface area contributed by atoms with Crippen LogP contribution in [0.4, 0.5) is 13.2 Å². The molecule has 0 radical (unpaired) electrons. The SMILES string of the molecule is OC(CCN(Cc1ccccc1)Cc1ccccc1)C(F)(F)F. The van der Waals surface area contributed by atoms with Gasteiger partial charge >= 0.3 is 6.18 Å². The zero-order chi connectivity index (χ0) is 16.7. The number of halogens is 3. The fourth-order valence-corrected chi connectivity index (χ4v) is 2.37. The smallest absolute Gasteiger partial charge is 0.384 e. The van der Waals surface area contributed by atoms with Gasteiger partial charge in [0, 0.05) is 19.6 Å². The highest BCUT2D eigenvalue weighted by Crippen LogP contribution is 2.23. The van der Waals surface area contributed by atoms with Crippen LogP contribution in [0.2, 0.25) is 0 Å². The average Bonchev–Trinajstić information content (AvgIpc) is 2.53. The van der Waals surface area contributed by atoms with E-state index in [4.69, 9.17) is 0 Å². The number of nitrogens with zero attached hydrogens (tertiary/aromatic N) is 1. The van der Waals surface area contributed by atoms with Crippen molar-refractivity contribution in [2.75, 3.05) is 6.54 Å². The highest BCUT2D eigenvalue weighted by molar-refractivity contribution is 5.17. The summed E-state index contributed by atoms with van der Waals surface area (Å²) in [6.45, 7) is 1.26. The molecule has 5 heteroatoms. The topological polar surface area (TPSA) is 23.5 Å². The quantitative estimate of drug-likeness (QED) is 0.832. The van der Waals surface area contributed by atoms with Crippen molar-refractivity contribution in [3.8, 4) is 0 Å². The number of aliphatic hydroxyl groups is 1. The van der Waals surface area contributed by atoms with Crippen LogP contribution in [-0.2, 0) is 13.1 Å². The molecule has 0 bridgehead atoms. The van der Waals surface area contributed by atoms with Gasteiger partial charge in [0.15, 0.2) is 6.10 Å². The first-order valence-electron chi connectivity index (χ1n) is 7.50. The van der Waals surface area contributed by atoms with E-state index in [1.165, 1.54) is 0 Å². The van der Waals surface area contributed by atoms with E-state index in [-0.39, 0.29) is 13.0 Å². The number of rotatable bonds is 7. The summed E-state index contributed by atoms with van der Waals surface area (Å²) in [5.74, 6) is 0. The third kappa shape index (κ3) is 6.04. The number of aliphatic hydroxyl groups excluding tert-OH is 1. The summed E-state index contributed by atoms with van der Waals surface area (Å²) < 4.78 is 37.5.